The van der Waals surface area contributed by atoms with Crippen molar-refractivity contribution in [3.8, 4) is 21.8 Å². The average Bonchev–Trinajstić information content (AvgIpc) is 3.15. The summed E-state index contributed by atoms with van der Waals surface area (Å²) in [5, 5.41) is 4.00. The van der Waals surface area contributed by atoms with E-state index in [9.17, 15) is 4.79 Å². The third-order valence-electron chi connectivity index (χ3n) is 3.88. The minimum atomic E-state index is -0.318. The predicted molar refractivity (Wildman–Crippen MR) is 113 cm³/mol. The first-order chi connectivity index (χ1) is 13.6. The summed E-state index contributed by atoms with van der Waals surface area (Å²) in [7, 11) is 0. The van der Waals surface area contributed by atoms with Crippen LogP contribution in [-0.4, -0.2) is 20.9 Å². The smallest absolute Gasteiger partial charge is 0.257 e. The second-order valence-corrected chi connectivity index (χ2v) is 7.54. The summed E-state index contributed by atoms with van der Waals surface area (Å²) < 4.78 is 0. The molecule has 138 valence electrons. The van der Waals surface area contributed by atoms with Crippen LogP contribution < -0.4 is 5.32 Å². The SMILES string of the molecule is O=C(Nc1nc(-c2ccccn2)c(-c2ccncc2)s1)c1ccc(Cl)c(Cl)c1. The Kier molecular flexibility index (Phi) is 5.34. The summed E-state index contributed by atoms with van der Waals surface area (Å²) in [6.07, 6.45) is 5.13. The summed E-state index contributed by atoms with van der Waals surface area (Å²) in [5.41, 5.74) is 2.76. The van der Waals surface area contributed by atoms with E-state index in [1.807, 2.05) is 30.3 Å². The summed E-state index contributed by atoms with van der Waals surface area (Å²) in [6, 6.07) is 14.1. The number of rotatable bonds is 4. The third kappa shape index (κ3) is 3.89. The van der Waals surface area contributed by atoms with Crippen LogP contribution in [0.2, 0.25) is 10.0 Å². The van der Waals surface area contributed by atoms with Gasteiger partial charge in [0.2, 0.25) is 0 Å². The Morgan fingerprint density at radius 1 is 0.964 bits per heavy atom. The molecular formula is C20H12Cl2N4OS. The van der Waals surface area contributed by atoms with Crippen LogP contribution in [0.15, 0.2) is 67.1 Å². The number of aromatic nitrogens is 3. The zero-order valence-electron chi connectivity index (χ0n) is 14.3. The standard InChI is InChI=1S/C20H12Cl2N4OS/c21-14-5-4-13(11-15(14)22)19(27)26-20-25-17(16-3-1-2-8-24-16)18(28-20)12-6-9-23-10-7-12/h1-11H,(H,25,26,27). The van der Waals surface area contributed by atoms with Crippen molar-refractivity contribution < 1.29 is 4.79 Å². The van der Waals surface area contributed by atoms with E-state index in [4.69, 9.17) is 23.2 Å². The molecule has 0 aliphatic carbocycles. The van der Waals surface area contributed by atoms with Crippen LogP contribution in [0.3, 0.4) is 0 Å². The lowest BCUT2D eigenvalue weighted by atomic mass is 10.1. The number of hydrogen-bond donors (Lipinski definition) is 1. The van der Waals surface area contributed by atoms with Crippen molar-refractivity contribution in [2.24, 2.45) is 0 Å². The summed E-state index contributed by atoms with van der Waals surface area (Å²) in [4.78, 5) is 26.6. The third-order valence-corrected chi connectivity index (χ3v) is 5.64. The fourth-order valence-corrected chi connectivity index (χ4v) is 3.83. The highest BCUT2D eigenvalue weighted by Crippen LogP contribution is 2.38. The van der Waals surface area contributed by atoms with Crippen molar-refractivity contribution in [3.05, 3.63) is 82.7 Å². The molecular weight excluding hydrogens is 415 g/mol. The predicted octanol–water partition coefficient (Wildman–Crippen LogP) is 5.83. The van der Waals surface area contributed by atoms with Crippen LogP contribution >= 0.6 is 34.5 Å². The molecule has 4 rings (SSSR count). The summed E-state index contributed by atoms with van der Waals surface area (Å²) in [5.74, 6) is -0.318. The fraction of sp³-hybridized carbons (Fsp3) is 0. The molecule has 1 N–H and O–H groups in total. The van der Waals surface area contributed by atoms with E-state index >= 15 is 0 Å². The number of carbonyl (C=O) groups excluding carboxylic acids is 1. The molecule has 8 heteroatoms. The number of thiazole rings is 1. The van der Waals surface area contributed by atoms with E-state index in [0.717, 1.165) is 16.1 Å². The quantitative estimate of drug-likeness (QED) is 0.445. The molecule has 0 aliphatic rings. The molecule has 28 heavy (non-hydrogen) atoms. The van der Waals surface area contributed by atoms with E-state index in [1.165, 1.54) is 17.4 Å². The molecule has 0 spiro atoms. The number of anilines is 1. The summed E-state index contributed by atoms with van der Waals surface area (Å²) in [6.45, 7) is 0. The molecule has 3 aromatic heterocycles. The molecule has 4 aromatic rings. The Morgan fingerprint density at radius 2 is 1.79 bits per heavy atom. The molecule has 0 atom stereocenters. The topological polar surface area (TPSA) is 67.8 Å². The number of carbonyl (C=O) groups is 1. The Balaban J connectivity index is 1.71. The van der Waals surface area contributed by atoms with Crippen molar-refractivity contribution in [2.45, 2.75) is 0 Å². The number of hydrogen-bond acceptors (Lipinski definition) is 5. The van der Waals surface area contributed by atoms with E-state index < -0.39 is 0 Å². The Labute approximate surface area is 175 Å². The average molecular weight is 427 g/mol. The van der Waals surface area contributed by atoms with E-state index in [-0.39, 0.29) is 5.91 Å². The first-order valence-electron chi connectivity index (χ1n) is 8.21. The molecule has 5 nitrogen and oxygen atoms in total. The van der Waals surface area contributed by atoms with Gasteiger partial charge in [-0.05, 0) is 48.0 Å². The highest BCUT2D eigenvalue weighted by atomic mass is 35.5. The molecule has 1 aromatic carbocycles. The molecule has 3 heterocycles. The van der Waals surface area contributed by atoms with E-state index in [1.54, 1.807) is 30.7 Å². The van der Waals surface area contributed by atoms with Crippen molar-refractivity contribution in [1.29, 1.82) is 0 Å². The highest BCUT2D eigenvalue weighted by Gasteiger charge is 2.18. The van der Waals surface area contributed by atoms with Crippen molar-refractivity contribution in [3.63, 3.8) is 0 Å². The number of amides is 1. The largest absolute Gasteiger partial charge is 0.298 e. The van der Waals surface area contributed by atoms with Gasteiger partial charge in [0.15, 0.2) is 5.13 Å². The van der Waals surface area contributed by atoms with E-state index in [0.29, 0.717) is 26.4 Å². The zero-order valence-corrected chi connectivity index (χ0v) is 16.6. The first kappa shape index (κ1) is 18.6. The molecule has 0 bridgehead atoms. The van der Waals surface area contributed by atoms with Gasteiger partial charge in [0.25, 0.3) is 5.91 Å². The number of pyridine rings is 2. The van der Waals surface area contributed by atoms with Crippen molar-refractivity contribution in [2.75, 3.05) is 5.32 Å². The van der Waals surface area contributed by atoms with Crippen LogP contribution in [0.1, 0.15) is 10.4 Å². The second kappa shape index (κ2) is 8.06. The van der Waals surface area contributed by atoms with Gasteiger partial charge in [-0.25, -0.2) is 4.98 Å². The van der Waals surface area contributed by atoms with Gasteiger partial charge < -0.3 is 0 Å². The van der Waals surface area contributed by atoms with Crippen molar-refractivity contribution in [1.82, 2.24) is 15.0 Å². The van der Waals surface area contributed by atoms with Gasteiger partial charge in [-0.15, -0.1) is 0 Å². The molecule has 0 unspecified atom stereocenters. The Bertz CT molecular complexity index is 1080. The number of nitrogens with one attached hydrogen (secondary N) is 1. The van der Waals surface area contributed by atoms with Gasteiger partial charge in [0, 0.05) is 24.2 Å². The van der Waals surface area contributed by atoms with Gasteiger partial charge >= 0.3 is 0 Å². The van der Waals surface area contributed by atoms with Gasteiger partial charge in [0.1, 0.15) is 5.69 Å². The number of nitrogens with zero attached hydrogens (tertiary/aromatic N) is 3. The number of benzene rings is 1. The van der Waals surface area contributed by atoms with Gasteiger partial charge in [-0.1, -0.05) is 40.6 Å². The lowest BCUT2D eigenvalue weighted by molar-refractivity contribution is 0.102. The minimum Gasteiger partial charge on any atom is -0.298 e. The lowest BCUT2D eigenvalue weighted by Gasteiger charge is -2.03. The molecule has 1 amide bonds. The van der Waals surface area contributed by atoms with Gasteiger partial charge in [-0.3, -0.25) is 20.1 Å². The maximum atomic E-state index is 12.6. The van der Waals surface area contributed by atoms with Crippen LogP contribution in [-0.2, 0) is 0 Å². The molecule has 0 fully saturated rings. The molecule has 0 saturated carbocycles. The minimum absolute atomic E-state index is 0.318. The normalized spacial score (nSPS) is 10.6. The maximum Gasteiger partial charge on any atom is 0.257 e. The van der Waals surface area contributed by atoms with Crippen LogP contribution in [0.5, 0.6) is 0 Å². The molecule has 0 saturated heterocycles. The van der Waals surface area contributed by atoms with Crippen LogP contribution in [0, 0.1) is 0 Å². The highest BCUT2D eigenvalue weighted by molar-refractivity contribution is 7.19. The van der Waals surface area contributed by atoms with E-state index in [2.05, 4.69) is 20.3 Å². The molecule has 0 aliphatic heterocycles. The Morgan fingerprint density at radius 3 is 2.50 bits per heavy atom. The first-order valence-corrected chi connectivity index (χ1v) is 9.78. The Hall–Kier alpha value is -2.80. The number of halogens is 2. The molecule has 0 radical (unpaired) electrons. The second-order valence-electron chi connectivity index (χ2n) is 5.73. The maximum absolute atomic E-state index is 12.6. The zero-order chi connectivity index (χ0) is 19.5. The lowest BCUT2D eigenvalue weighted by Crippen LogP contribution is -2.11. The van der Waals surface area contributed by atoms with Crippen LogP contribution in [0.25, 0.3) is 21.8 Å². The van der Waals surface area contributed by atoms with Crippen molar-refractivity contribution >= 4 is 45.6 Å². The fourth-order valence-electron chi connectivity index (χ4n) is 2.56. The van der Waals surface area contributed by atoms with Gasteiger partial charge in [-0.2, -0.15) is 0 Å². The summed E-state index contributed by atoms with van der Waals surface area (Å²) >= 11 is 13.3. The van der Waals surface area contributed by atoms with Crippen LogP contribution in [0.4, 0.5) is 5.13 Å². The monoisotopic (exact) mass is 426 g/mol. The van der Waals surface area contributed by atoms with Gasteiger partial charge in [0.05, 0.1) is 20.6 Å².